The first-order chi connectivity index (χ1) is 13.4. The summed E-state index contributed by atoms with van der Waals surface area (Å²) in [5.74, 6) is 5.01. The Balaban J connectivity index is 2.95. The lowest BCUT2D eigenvalue weighted by molar-refractivity contribution is 0.167. The Morgan fingerprint density at radius 2 is 0.741 bits per heavy atom. The van der Waals surface area contributed by atoms with E-state index >= 15 is 0 Å². The van der Waals surface area contributed by atoms with Crippen LogP contribution in [0.3, 0.4) is 0 Å². The number of thioether (sulfide) groups is 2. The van der Waals surface area contributed by atoms with Gasteiger partial charge in [-0.15, -0.1) is 0 Å². The quantitative estimate of drug-likeness (QED) is 0.145. The van der Waals surface area contributed by atoms with E-state index in [1.165, 1.54) is 126 Å². The van der Waals surface area contributed by atoms with Crippen LogP contribution in [0, 0.1) is 0 Å². The molecule has 0 aromatic heterocycles. The largest absolute Gasteiger partial charge is 0.380 e. The molecule has 1 nitrogen and oxygen atoms in total. The van der Waals surface area contributed by atoms with E-state index in [-0.39, 0.29) is 0 Å². The van der Waals surface area contributed by atoms with Crippen LogP contribution in [-0.2, 0) is 4.74 Å². The Hall–Kier alpha value is 0.660. The summed E-state index contributed by atoms with van der Waals surface area (Å²) in [5, 5.41) is 0. The monoisotopic (exact) mass is 418 g/mol. The van der Waals surface area contributed by atoms with Gasteiger partial charge in [0, 0.05) is 11.5 Å². The van der Waals surface area contributed by atoms with Crippen LogP contribution in [0.4, 0.5) is 0 Å². The Labute approximate surface area is 180 Å². The van der Waals surface area contributed by atoms with E-state index in [4.69, 9.17) is 4.74 Å². The van der Waals surface area contributed by atoms with E-state index in [2.05, 4.69) is 37.4 Å². The summed E-state index contributed by atoms with van der Waals surface area (Å²) < 4.78 is 5.76. The molecule has 3 heteroatoms. The van der Waals surface area contributed by atoms with Gasteiger partial charge >= 0.3 is 0 Å². The Kier molecular flexibility index (Phi) is 27.3. The van der Waals surface area contributed by atoms with E-state index < -0.39 is 0 Å². The van der Waals surface area contributed by atoms with Gasteiger partial charge < -0.3 is 4.74 Å². The number of unbranched alkanes of at least 4 members (excludes halogenated alkanes) is 14. The van der Waals surface area contributed by atoms with Gasteiger partial charge in [-0.25, -0.2) is 0 Å². The summed E-state index contributed by atoms with van der Waals surface area (Å²) in [4.78, 5) is 0. The lowest BCUT2D eigenvalue weighted by Crippen LogP contribution is -2.02. The van der Waals surface area contributed by atoms with E-state index in [0.29, 0.717) is 0 Å². The maximum absolute atomic E-state index is 5.76. The SMILES string of the molecule is CCCCCCCCCCSCCOCCSCCCCCCCCCC. The molecular weight excluding hydrogens is 368 g/mol. The number of hydrogen-bond donors (Lipinski definition) is 0. The standard InChI is InChI=1S/C24H50OS2/c1-3-5-7-9-11-13-15-17-21-26-23-19-25-20-24-27-22-18-16-14-12-10-8-6-4-2/h3-24H2,1-2H3. The molecule has 0 fully saturated rings. The summed E-state index contributed by atoms with van der Waals surface area (Å²) in [6.45, 7) is 6.47. The molecular formula is C24H50OS2. The van der Waals surface area contributed by atoms with Gasteiger partial charge in [0.2, 0.25) is 0 Å². The first kappa shape index (κ1) is 27.7. The van der Waals surface area contributed by atoms with Gasteiger partial charge in [0.1, 0.15) is 0 Å². The van der Waals surface area contributed by atoms with Crippen LogP contribution in [0.1, 0.15) is 117 Å². The highest BCUT2D eigenvalue weighted by Gasteiger charge is 1.95. The number of rotatable bonds is 24. The van der Waals surface area contributed by atoms with Crippen molar-refractivity contribution >= 4 is 23.5 Å². The molecule has 0 radical (unpaired) electrons. The third-order valence-corrected chi connectivity index (χ3v) is 7.09. The molecule has 0 atom stereocenters. The third-order valence-electron chi connectivity index (χ3n) is 5.03. The highest BCUT2D eigenvalue weighted by atomic mass is 32.2. The second-order valence-corrected chi connectivity index (χ2v) is 10.2. The molecule has 0 saturated heterocycles. The van der Waals surface area contributed by atoms with Crippen LogP contribution in [0.25, 0.3) is 0 Å². The van der Waals surface area contributed by atoms with E-state index in [1.807, 2.05) is 0 Å². The smallest absolute Gasteiger partial charge is 0.0557 e. The predicted molar refractivity (Wildman–Crippen MR) is 131 cm³/mol. The van der Waals surface area contributed by atoms with Crippen molar-refractivity contribution in [3.63, 3.8) is 0 Å². The molecule has 0 saturated carbocycles. The fourth-order valence-corrected chi connectivity index (χ4v) is 4.91. The average Bonchev–Trinajstić information content (AvgIpc) is 2.68. The van der Waals surface area contributed by atoms with Crippen LogP contribution in [0.5, 0.6) is 0 Å². The molecule has 0 unspecified atom stereocenters. The molecule has 0 bridgehead atoms. The number of ether oxygens (including phenoxy) is 1. The van der Waals surface area contributed by atoms with Gasteiger partial charge in [0.25, 0.3) is 0 Å². The van der Waals surface area contributed by atoms with Crippen molar-refractivity contribution in [3.05, 3.63) is 0 Å². The second kappa shape index (κ2) is 26.7. The van der Waals surface area contributed by atoms with E-state index in [9.17, 15) is 0 Å². The van der Waals surface area contributed by atoms with Crippen molar-refractivity contribution in [1.82, 2.24) is 0 Å². The maximum Gasteiger partial charge on any atom is 0.0557 e. The van der Waals surface area contributed by atoms with Gasteiger partial charge in [0.05, 0.1) is 13.2 Å². The summed E-state index contributed by atoms with van der Waals surface area (Å²) >= 11 is 4.16. The molecule has 0 aromatic carbocycles. The molecule has 27 heavy (non-hydrogen) atoms. The van der Waals surface area contributed by atoms with Crippen molar-refractivity contribution < 1.29 is 4.74 Å². The Morgan fingerprint density at radius 1 is 0.407 bits per heavy atom. The van der Waals surface area contributed by atoms with Crippen molar-refractivity contribution in [2.75, 3.05) is 36.2 Å². The van der Waals surface area contributed by atoms with Gasteiger partial charge in [0.15, 0.2) is 0 Å². The second-order valence-electron chi connectivity index (χ2n) is 7.79. The van der Waals surface area contributed by atoms with Crippen LogP contribution in [0.2, 0.25) is 0 Å². The minimum atomic E-state index is 0.944. The zero-order valence-electron chi connectivity index (χ0n) is 18.8. The first-order valence-electron chi connectivity index (χ1n) is 12.1. The topological polar surface area (TPSA) is 9.23 Å². The normalized spacial score (nSPS) is 11.3. The van der Waals surface area contributed by atoms with Crippen molar-refractivity contribution in [3.8, 4) is 0 Å². The lowest BCUT2D eigenvalue weighted by Gasteiger charge is -2.05. The Bertz CT molecular complexity index is 225. The van der Waals surface area contributed by atoms with Crippen molar-refractivity contribution in [1.29, 1.82) is 0 Å². The van der Waals surface area contributed by atoms with Crippen LogP contribution >= 0.6 is 23.5 Å². The molecule has 0 aliphatic rings. The molecule has 0 heterocycles. The predicted octanol–water partition coefficient (Wildman–Crippen LogP) is 8.75. The van der Waals surface area contributed by atoms with Crippen molar-refractivity contribution in [2.45, 2.75) is 117 Å². The molecule has 0 aliphatic heterocycles. The Morgan fingerprint density at radius 3 is 1.11 bits per heavy atom. The fourth-order valence-electron chi connectivity index (χ4n) is 3.22. The van der Waals surface area contributed by atoms with Gasteiger partial charge in [-0.3, -0.25) is 0 Å². The summed E-state index contributed by atoms with van der Waals surface area (Å²) in [6, 6.07) is 0. The maximum atomic E-state index is 5.76. The average molecular weight is 419 g/mol. The summed E-state index contributed by atoms with van der Waals surface area (Å²) in [7, 11) is 0. The zero-order valence-corrected chi connectivity index (χ0v) is 20.4. The molecule has 0 spiro atoms. The van der Waals surface area contributed by atoms with E-state index in [1.54, 1.807) is 0 Å². The zero-order chi connectivity index (χ0) is 19.7. The highest BCUT2D eigenvalue weighted by molar-refractivity contribution is 7.99. The molecule has 164 valence electrons. The number of hydrogen-bond acceptors (Lipinski definition) is 3. The van der Waals surface area contributed by atoms with Gasteiger partial charge in [-0.05, 0) is 24.3 Å². The molecule has 0 aliphatic carbocycles. The summed E-state index contributed by atoms with van der Waals surface area (Å²) in [6.07, 6.45) is 22.8. The molecule has 0 rings (SSSR count). The summed E-state index contributed by atoms with van der Waals surface area (Å²) in [5.41, 5.74) is 0. The minimum absolute atomic E-state index is 0.944. The molecule has 0 aromatic rings. The lowest BCUT2D eigenvalue weighted by atomic mass is 10.1. The van der Waals surface area contributed by atoms with Gasteiger partial charge in [-0.2, -0.15) is 23.5 Å². The van der Waals surface area contributed by atoms with Crippen LogP contribution < -0.4 is 0 Å². The molecule has 0 N–H and O–H groups in total. The fraction of sp³-hybridized carbons (Fsp3) is 1.00. The van der Waals surface area contributed by atoms with Crippen LogP contribution in [0.15, 0.2) is 0 Å². The van der Waals surface area contributed by atoms with Crippen molar-refractivity contribution in [2.24, 2.45) is 0 Å². The minimum Gasteiger partial charge on any atom is -0.380 e. The van der Waals surface area contributed by atoms with Crippen LogP contribution in [-0.4, -0.2) is 36.2 Å². The molecule has 0 amide bonds. The third kappa shape index (κ3) is 26.7. The highest BCUT2D eigenvalue weighted by Crippen LogP contribution is 2.12. The van der Waals surface area contributed by atoms with Gasteiger partial charge in [-0.1, -0.05) is 104 Å². The van der Waals surface area contributed by atoms with E-state index in [0.717, 1.165) is 13.2 Å². The first-order valence-corrected chi connectivity index (χ1v) is 14.5.